The monoisotopic (exact) mass is 302 g/mol. The maximum atomic E-state index is 11.4. The van der Waals surface area contributed by atoms with E-state index in [1.807, 2.05) is 19.1 Å². The third-order valence-corrected chi connectivity index (χ3v) is 3.00. The Hall–Kier alpha value is -2.83. The van der Waals surface area contributed by atoms with E-state index in [2.05, 4.69) is 20.5 Å². The first-order chi connectivity index (χ1) is 10.5. The largest absolute Gasteiger partial charge is 0.493 e. The first-order valence-corrected chi connectivity index (χ1v) is 6.64. The van der Waals surface area contributed by atoms with E-state index >= 15 is 0 Å². The summed E-state index contributed by atoms with van der Waals surface area (Å²) in [5.41, 5.74) is 4.70. The van der Waals surface area contributed by atoms with Gasteiger partial charge in [-0.3, -0.25) is 9.78 Å². The molecular formula is C15H18N4O3. The van der Waals surface area contributed by atoms with Gasteiger partial charge < -0.3 is 9.47 Å². The third kappa shape index (κ3) is 3.63. The van der Waals surface area contributed by atoms with Crippen LogP contribution in [0.25, 0.3) is 0 Å². The number of H-pyrrole nitrogens is 1. The number of aryl methyl sites for hydroxylation is 1. The number of hydrazone groups is 1. The van der Waals surface area contributed by atoms with E-state index in [0.717, 1.165) is 5.56 Å². The normalized spacial score (nSPS) is 11.2. The second-order valence-electron chi connectivity index (χ2n) is 4.61. The number of methoxy groups -OCH3 is 2. The van der Waals surface area contributed by atoms with Crippen molar-refractivity contribution in [3.8, 4) is 11.5 Å². The van der Waals surface area contributed by atoms with E-state index in [0.29, 0.717) is 28.9 Å². The molecule has 0 amide bonds. The number of ether oxygens (including phenoxy) is 2. The molecule has 0 saturated heterocycles. The van der Waals surface area contributed by atoms with Gasteiger partial charge >= 0.3 is 0 Å². The zero-order valence-corrected chi connectivity index (χ0v) is 12.9. The second kappa shape index (κ2) is 6.75. The molecule has 2 rings (SSSR count). The Balaban J connectivity index is 2.23. The van der Waals surface area contributed by atoms with Crippen LogP contribution < -0.4 is 20.5 Å². The maximum absolute atomic E-state index is 11.4. The molecule has 0 aliphatic rings. The highest BCUT2D eigenvalue weighted by atomic mass is 16.5. The van der Waals surface area contributed by atoms with Crippen molar-refractivity contribution in [2.45, 2.75) is 13.8 Å². The van der Waals surface area contributed by atoms with Crippen molar-refractivity contribution >= 4 is 11.7 Å². The molecule has 0 atom stereocenters. The minimum atomic E-state index is -0.228. The molecule has 1 aromatic heterocycles. The molecule has 1 heterocycles. The summed E-state index contributed by atoms with van der Waals surface area (Å²) in [5, 5.41) is 4.22. The molecule has 0 saturated carbocycles. The molecule has 2 aromatic rings. The van der Waals surface area contributed by atoms with E-state index in [-0.39, 0.29) is 5.56 Å². The smallest absolute Gasteiger partial charge is 0.252 e. The van der Waals surface area contributed by atoms with E-state index < -0.39 is 0 Å². The van der Waals surface area contributed by atoms with Crippen molar-refractivity contribution in [2.75, 3.05) is 19.6 Å². The molecule has 0 bridgehead atoms. The highest BCUT2D eigenvalue weighted by molar-refractivity contribution is 5.99. The van der Waals surface area contributed by atoms with Crippen molar-refractivity contribution in [2.24, 2.45) is 5.10 Å². The zero-order valence-electron chi connectivity index (χ0n) is 12.9. The summed E-state index contributed by atoms with van der Waals surface area (Å²) in [6, 6.07) is 6.91. The number of aromatic amines is 1. The van der Waals surface area contributed by atoms with Crippen LogP contribution in [-0.4, -0.2) is 29.9 Å². The highest BCUT2D eigenvalue weighted by Crippen LogP contribution is 2.27. The molecule has 0 fully saturated rings. The summed E-state index contributed by atoms with van der Waals surface area (Å²) in [7, 11) is 3.16. The summed E-state index contributed by atoms with van der Waals surface area (Å²) >= 11 is 0. The molecule has 7 heteroatoms. The Morgan fingerprint density at radius 3 is 2.59 bits per heavy atom. The minimum absolute atomic E-state index is 0.228. The fourth-order valence-electron chi connectivity index (χ4n) is 1.89. The summed E-state index contributed by atoms with van der Waals surface area (Å²) in [4.78, 5) is 18.1. The number of hydrogen-bond acceptors (Lipinski definition) is 6. The lowest BCUT2D eigenvalue weighted by Crippen LogP contribution is -2.11. The van der Waals surface area contributed by atoms with Crippen LogP contribution in [0.15, 0.2) is 34.2 Å². The molecule has 116 valence electrons. The highest BCUT2D eigenvalue weighted by Gasteiger charge is 2.06. The van der Waals surface area contributed by atoms with Gasteiger partial charge in [-0.05, 0) is 32.0 Å². The first-order valence-electron chi connectivity index (χ1n) is 6.64. The quantitative estimate of drug-likeness (QED) is 0.651. The van der Waals surface area contributed by atoms with Gasteiger partial charge in [0.05, 0.1) is 19.9 Å². The fraction of sp³-hybridized carbons (Fsp3) is 0.267. The topological polar surface area (TPSA) is 88.6 Å². The van der Waals surface area contributed by atoms with Crippen molar-refractivity contribution in [1.29, 1.82) is 0 Å². The van der Waals surface area contributed by atoms with Gasteiger partial charge in [-0.2, -0.15) is 5.10 Å². The van der Waals surface area contributed by atoms with Crippen molar-refractivity contribution < 1.29 is 9.47 Å². The van der Waals surface area contributed by atoms with Crippen LogP contribution in [0, 0.1) is 6.92 Å². The molecule has 0 spiro atoms. The van der Waals surface area contributed by atoms with Crippen molar-refractivity contribution in [1.82, 2.24) is 9.97 Å². The summed E-state index contributed by atoms with van der Waals surface area (Å²) < 4.78 is 10.5. The fourth-order valence-corrected chi connectivity index (χ4v) is 1.89. The summed E-state index contributed by atoms with van der Waals surface area (Å²) in [5.74, 6) is 1.57. The van der Waals surface area contributed by atoms with Crippen molar-refractivity contribution in [3.63, 3.8) is 0 Å². The van der Waals surface area contributed by atoms with Crippen LogP contribution in [0.3, 0.4) is 0 Å². The lowest BCUT2D eigenvalue weighted by Gasteiger charge is -2.09. The molecule has 0 aliphatic heterocycles. The number of aromatic nitrogens is 2. The van der Waals surface area contributed by atoms with Gasteiger partial charge in [0, 0.05) is 17.3 Å². The van der Waals surface area contributed by atoms with Crippen molar-refractivity contribution in [3.05, 3.63) is 45.9 Å². The van der Waals surface area contributed by atoms with E-state index in [1.54, 1.807) is 27.2 Å². The number of anilines is 1. The van der Waals surface area contributed by atoms with Gasteiger partial charge in [0.2, 0.25) is 5.95 Å². The predicted molar refractivity (Wildman–Crippen MR) is 85.0 cm³/mol. The van der Waals surface area contributed by atoms with Crippen LogP contribution in [0.1, 0.15) is 18.2 Å². The van der Waals surface area contributed by atoms with E-state index in [9.17, 15) is 4.79 Å². The van der Waals surface area contributed by atoms with Crippen LogP contribution in [-0.2, 0) is 0 Å². The lowest BCUT2D eigenvalue weighted by atomic mass is 10.1. The van der Waals surface area contributed by atoms with Crippen LogP contribution in [0.4, 0.5) is 5.95 Å². The molecule has 1 aromatic carbocycles. The Kier molecular flexibility index (Phi) is 4.77. The van der Waals surface area contributed by atoms with Gasteiger partial charge in [0.1, 0.15) is 0 Å². The molecular weight excluding hydrogens is 284 g/mol. The number of nitrogens with zero attached hydrogens (tertiary/aromatic N) is 2. The van der Waals surface area contributed by atoms with Gasteiger partial charge in [-0.25, -0.2) is 10.4 Å². The average molecular weight is 302 g/mol. The molecule has 22 heavy (non-hydrogen) atoms. The maximum Gasteiger partial charge on any atom is 0.252 e. The lowest BCUT2D eigenvalue weighted by molar-refractivity contribution is 0.355. The van der Waals surface area contributed by atoms with Gasteiger partial charge in [-0.1, -0.05) is 0 Å². The Labute approximate surface area is 128 Å². The molecule has 7 nitrogen and oxygen atoms in total. The van der Waals surface area contributed by atoms with Crippen LogP contribution >= 0.6 is 0 Å². The molecule has 0 unspecified atom stereocenters. The molecule has 0 radical (unpaired) electrons. The Morgan fingerprint density at radius 1 is 1.23 bits per heavy atom. The number of benzene rings is 1. The Morgan fingerprint density at radius 2 is 1.95 bits per heavy atom. The second-order valence-corrected chi connectivity index (χ2v) is 4.61. The Bertz CT molecular complexity index is 753. The third-order valence-electron chi connectivity index (χ3n) is 3.00. The summed E-state index contributed by atoms with van der Waals surface area (Å²) in [6.45, 7) is 3.58. The standard InChI is InChI=1S/C15H18N4O3/c1-9-7-14(20)17-15(16-9)19-18-10(2)11-5-6-12(21-3)13(8-11)22-4/h5-8H,1-4H3,(H2,16,17,19,20)/b18-10-. The zero-order chi connectivity index (χ0) is 16.1. The van der Waals surface area contributed by atoms with Crippen LogP contribution in [0.2, 0.25) is 0 Å². The molecule has 2 N–H and O–H groups in total. The average Bonchev–Trinajstić information content (AvgIpc) is 2.51. The van der Waals surface area contributed by atoms with Gasteiger partial charge in [0.15, 0.2) is 11.5 Å². The number of rotatable bonds is 5. The molecule has 0 aliphatic carbocycles. The van der Waals surface area contributed by atoms with Gasteiger partial charge in [0.25, 0.3) is 5.56 Å². The van der Waals surface area contributed by atoms with E-state index in [1.165, 1.54) is 6.07 Å². The predicted octanol–water partition coefficient (Wildman–Crippen LogP) is 1.93. The van der Waals surface area contributed by atoms with E-state index in [4.69, 9.17) is 9.47 Å². The summed E-state index contributed by atoms with van der Waals surface area (Å²) in [6.07, 6.45) is 0. The minimum Gasteiger partial charge on any atom is -0.493 e. The number of nitrogens with one attached hydrogen (secondary N) is 2. The van der Waals surface area contributed by atoms with Crippen LogP contribution in [0.5, 0.6) is 11.5 Å². The van der Waals surface area contributed by atoms with Gasteiger partial charge in [-0.15, -0.1) is 0 Å². The first kappa shape index (κ1) is 15.6. The number of hydrogen-bond donors (Lipinski definition) is 2. The SMILES string of the molecule is COc1ccc(/C(C)=N\Nc2nc(C)cc(=O)[nH]2)cc1OC.